The maximum absolute atomic E-state index is 11.9. The van der Waals surface area contributed by atoms with Gasteiger partial charge in [-0.05, 0) is 38.1 Å². The fraction of sp³-hybridized carbons (Fsp3) is 0.357. The van der Waals surface area contributed by atoms with E-state index in [1.807, 2.05) is 6.07 Å². The molecule has 0 saturated carbocycles. The number of amides is 1. The maximum atomic E-state index is 11.9. The van der Waals surface area contributed by atoms with E-state index < -0.39 is 5.41 Å². The van der Waals surface area contributed by atoms with Gasteiger partial charge in [0, 0.05) is 12.1 Å². The molecule has 0 unspecified atom stereocenters. The molecule has 0 aromatic heterocycles. The predicted molar refractivity (Wildman–Crippen MR) is 69.3 cm³/mol. The number of esters is 1. The molecule has 0 bridgehead atoms. The van der Waals surface area contributed by atoms with E-state index >= 15 is 0 Å². The summed E-state index contributed by atoms with van der Waals surface area (Å²) in [6.07, 6.45) is 0. The highest BCUT2D eigenvalue weighted by Crippen LogP contribution is 2.15. The van der Waals surface area contributed by atoms with Gasteiger partial charge in [0.2, 0.25) is 0 Å². The van der Waals surface area contributed by atoms with Gasteiger partial charge in [0.15, 0.2) is 0 Å². The second kappa shape index (κ2) is 6.01. The average Bonchev–Trinajstić information content (AvgIpc) is 2.43. The van der Waals surface area contributed by atoms with Crippen molar-refractivity contribution in [2.75, 3.05) is 13.7 Å². The molecule has 1 N–H and O–H groups in total. The van der Waals surface area contributed by atoms with Crippen molar-refractivity contribution in [3.05, 3.63) is 35.4 Å². The standard InChI is InChI=1S/C14H16N2O3/c1-14(2,13(18)19-3)9-16-12(17)11-6-4-10(8-15)5-7-11/h4-7H,9H2,1-3H3,(H,16,17). The van der Waals surface area contributed by atoms with Crippen LogP contribution in [-0.4, -0.2) is 25.5 Å². The molecule has 0 saturated heterocycles. The van der Waals surface area contributed by atoms with E-state index in [9.17, 15) is 9.59 Å². The third kappa shape index (κ3) is 3.81. The van der Waals surface area contributed by atoms with Crippen LogP contribution in [0.3, 0.4) is 0 Å². The van der Waals surface area contributed by atoms with E-state index in [4.69, 9.17) is 5.26 Å². The van der Waals surface area contributed by atoms with Crippen molar-refractivity contribution in [3.63, 3.8) is 0 Å². The lowest BCUT2D eigenvalue weighted by Crippen LogP contribution is -2.39. The van der Waals surface area contributed by atoms with Gasteiger partial charge in [-0.25, -0.2) is 0 Å². The van der Waals surface area contributed by atoms with Gasteiger partial charge in [-0.3, -0.25) is 9.59 Å². The molecular weight excluding hydrogens is 244 g/mol. The number of nitrogens with zero attached hydrogens (tertiary/aromatic N) is 1. The number of nitrogens with one attached hydrogen (secondary N) is 1. The average molecular weight is 260 g/mol. The van der Waals surface area contributed by atoms with Gasteiger partial charge < -0.3 is 10.1 Å². The summed E-state index contributed by atoms with van der Waals surface area (Å²) in [5, 5.41) is 11.3. The number of hydrogen-bond donors (Lipinski definition) is 1. The summed E-state index contributed by atoms with van der Waals surface area (Å²) in [5.41, 5.74) is 0.155. The van der Waals surface area contributed by atoms with Crippen LogP contribution >= 0.6 is 0 Å². The Balaban J connectivity index is 2.65. The minimum absolute atomic E-state index is 0.179. The van der Waals surface area contributed by atoms with Crippen LogP contribution in [0.1, 0.15) is 29.8 Å². The first-order valence-electron chi connectivity index (χ1n) is 5.77. The molecule has 5 heteroatoms. The van der Waals surface area contributed by atoms with Crippen LogP contribution in [0.15, 0.2) is 24.3 Å². The molecule has 0 radical (unpaired) electrons. The van der Waals surface area contributed by atoms with Crippen molar-refractivity contribution in [1.29, 1.82) is 5.26 Å². The minimum atomic E-state index is -0.781. The minimum Gasteiger partial charge on any atom is -0.469 e. The monoisotopic (exact) mass is 260 g/mol. The van der Waals surface area contributed by atoms with Gasteiger partial charge in [0.25, 0.3) is 5.91 Å². The summed E-state index contributed by atoms with van der Waals surface area (Å²) < 4.78 is 4.66. The summed E-state index contributed by atoms with van der Waals surface area (Å²) in [5.74, 6) is -0.672. The lowest BCUT2D eigenvalue weighted by molar-refractivity contribution is -0.150. The van der Waals surface area contributed by atoms with Gasteiger partial charge >= 0.3 is 5.97 Å². The Morgan fingerprint density at radius 3 is 2.37 bits per heavy atom. The summed E-state index contributed by atoms with van der Waals surface area (Å²) in [4.78, 5) is 23.3. The fourth-order valence-corrected chi connectivity index (χ4v) is 1.45. The fourth-order valence-electron chi connectivity index (χ4n) is 1.45. The van der Waals surface area contributed by atoms with Crippen LogP contribution in [0.25, 0.3) is 0 Å². The zero-order valence-corrected chi connectivity index (χ0v) is 11.2. The van der Waals surface area contributed by atoms with E-state index in [1.165, 1.54) is 7.11 Å². The second-order valence-electron chi connectivity index (χ2n) is 4.75. The highest BCUT2D eigenvalue weighted by Gasteiger charge is 2.29. The number of hydrogen-bond acceptors (Lipinski definition) is 4. The number of benzene rings is 1. The molecule has 0 aliphatic heterocycles. The lowest BCUT2D eigenvalue weighted by atomic mass is 9.93. The Morgan fingerprint density at radius 2 is 1.89 bits per heavy atom. The number of methoxy groups -OCH3 is 1. The molecule has 19 heavy (non-hydrogen) atoms. The molecule has 0 spiro atoms. The van der Waals surface area contributed by atoms with Crippen molar-refractivity contribution in [2.45, 2.75) is 13.8 Å². The number of carbonyl (C=O) groups is 2. The quantitative estimate of drug-likeness (QED) is 0.832. The predicted octanol–water partition coefficient (Wildman–Crippen LogP) is 1.49. The van der Waals surface area contributed by atoms with Gasteiger partial charge in [-0.1, -0.05) is 0 Å². The van der Waals surface area contributed by atoms with Crippen molar-refractivity contribution in [1.82, 2.24) is 5.32 Å². The van der Waals surface area contributed by atoms with E-state index in [1.54, 1.807) is 38.1 Å². The third-order valence-electron chi connectivity index (χ3n) is 2.71. The molecular formula is C14H16N2O3. The molecule has 0 atom stereocenters. The highest BCUT2D eigenvalue weighted by molar-refractivity contribution is 5.94. The number of carbonyl (C=O) groups excluding carboxylic acids is 2. The summed E-state index contributed by atoms with van der Waals surface area (Å²) in [6.45, 7) is 3.56. The van der Waals surface area contributed by atoms with Gasteiger partial charge in [0.05, 0.1) is 24.2 Å². The molecule has 0 fully saturated rings. The molecule has 1 aromatic rings. The van der Waals surface area contributed by atoms with Crippen LogP contribution < -0.4 is 5.32 Å². The summed E-state index contributed by atoms with van der Waals surface area (Å²) in [6, 6.07) is 8.26. The Bertz CT molecular complexity index is 512. The van der Waals surface area contributed by atoms with Crippen molar-refractivity contribution in [3.8, 4) is 6.07 Å². The molecule has 1 rings (SSSR count). The van der Waals surface area contributed by atoms with Crippen LogP contribution in [0.4, 0.5) is 0 Å². The topological polar surface area (TPSA) is 79.2 Å². The Morgan fingerprint density at radius 1 is 1.32 bits per heavy atom. The highest BCUT2D eigenvalue weighted by atomic mass is 16.5. The van der Waals surface area contributed by atoms with E-state index in [0.29, 0.717) is 11.1 Å². The molecule has 0 aliphatic carbocycles. The van der Waals surface area contributed by atoms with E-state index in [-0.39, 0.29) is 18.4 Å². The smallest absolute Gasteiger partial charge is 0.313 e. The number of rotatable bonds is 4. The first kappa shape index (κ1) is 14.7. The van der Waals surface area contributed by atoms with Crippen LogP contribution in [0.5, 0.6) is 0 Å². The lowest BCUT2D eigenvalue weighted by Gasteiger charge is -2.21. The Hall–Kier alpha value is -2.35. The van der Waals surface area contributed by atoms with Crippen molar-refractivity contribution >= 4 is 11.9 Å². The summed E-state index contributed by atoms with van der Waals surface area (Å²) >= 11 is 0. The van der Waals surface area contributed by atoms with Gasteiger partial charge in [-0.15, -0.1) is 0 Å². The molecule has 0 aliphatic rings. The SMILES string of the molecule is COC(=O)C(C)(C)CNC(=O)c1ccc(C#N)cc1. The Kier molecular flexibility index (Phi) is 4.65. The van der Waals surface area contributed by atoms with Crippen LogP contribution in [0, 0.1) is 16.7 Å². The maximum Gasteiger partial charge on any atom is 0.313 e. The zero-order chi connectivity index (χ0) is 14.5. The summed E-state index contributed by atoms with van der Waals surface area (Å²) in [7, 11) is 1.31. The van der Waals surface area contributed by atoms with Crippen molar-refractivity contribution in [2.24, 2.45) is 5.41 Å². The first-order valence-corrected chi connectivity index (χ1v) is 5.77. The normalized spacial score (nSPS) is 10.4. The van der Waals surface area contributed by atoms with Crippen LogP contribution in [-0.2, 0) is 9.53 Å². The molecule has 1 aromatic carbocycles. The molecule has 0 heterocycles. The zero-order valence-electron chi connectivity index (χ0n) is 11.2. The second-order valence-corrected chi connectivity index (χ2v) is 4.75. The number of nitriles is 1. The largest absolute Gasteiger partial charge is 0.469 e. The van der Waals surface area contributed by atoms with E-state index in [2.05, 4.69) is 10.1 Å². The molecule has 100 valence electrons. The van der Waals surface area contributed by atoms with Gasteiger partial charge in [0.1, 0.15) is 0 Å². The first-order chi connectivity index (χ1) is 8.90. The third-order valence-corrected chi connectivity index (χ3v) is 2.71. The van der Waals surface area contributed by atoms with Gasteiger partial charge in [-0.2, -0.15) is 5.26 Å². The molecule has 1 amide bonds. The van der Waals surface area contributed by atoms with Crippen molar-refractivity contribution < 1.29 is 14.3 Å². The van der Waals surface area contributed by atoms with Crippen LogP contribution in [0.2, 0.25) is 0 Å². The molecule has 5 nitrogen and oxygen atoms in total. The Labute approximate surface area is 112 Å². The van der Waals surface area contributed by atoms with E-state index in [0.717, 1.165) is 0 Å². The number of ether oxygens (including phenoxy) is 1.